The van der Waals surface area contributed by atoms with E-state index in [0.717, 1.165) is 11.1 Å². The molecule has 3 nitrogen and oxygen atoms in total. The Morgan fingerprint density at radius 3 is 2.71 bits per heavy atom. The second kappa shape index (κ2) is 4.98. The molecular weight excluding hydrogens is 278 g/mol. The Hall–Kier alpha value is -1.86. The summed E-state index contributed by atoms with van der Waals surface area (Å²) in [4.78, 5) is 4.29. The van der Waals surface area contributed by atoms with Crippen LogP contribution in [-0.4, -0.2) is 14.8 Å². The first-order valence-electron chi connectivity index (χ1n) is 5.07. The van der Waals surface area contributed by atoms with Crippen LogP contribution in [0.4, 0.5) is 0 Å². The van der Waals surface area contributed by atoms with Gasteiger partial charge in [-0.1, -0.05) is 42.8 Å². The summed E-state index contributed by atoms with van der Waals surface area (Å²) in [7, 11) is 0. The molecule has 4 heteroatoms. The molecule has 0 amide bonds. The summed E-state index contributed by atoms with van der Waals surface area (Å²) in [5.41, 5.74) is 2.02. The van der Waals surface area contributed by atoms with Crippen molar-refractivity contribution in [2.45, 2.75) is 6.92 Å². The molecule has 0 fully saturated rings. The van der Waals surface area contributed by atoms with Crippen LogP contribution in [0.2, 0.25) is 0 Å². The van der Waals surface area contributed by atoms with E-state index in [4.69, 9.17) is 6.42 Å². The number of halogens is 1. The molecule has 0 atom stereocenters. The van der Waals surface area contributed by atoms with Crippen molar-refractivity contribution in [2.75, 3.05) is 0 Å². The standard InChI is InChI=1S/C13H10BrN3/c1-3-11(10-8-6-5-7-9-10)12-15-13(14)16-17(12)4-2/h2-3,5-9H,1H3/b11-3-. The number of allylic oxidation sites excluding steroid dienone is 1. The summed E-state index contributed by atoms with van der Waals surface area (Å²) in [6.45, 7) is 1.95. The van der Waals surface area contributed by atoms with Crippen LogP contribution in [0.1, 0.15) is 18.3 Å². The Labute approximate surface area is 108 Å². The van der Waals surface area contributed by atoms with Crippen molar-refractivity contribution in [3.63, 3.8) is 0 Å². The zero-order chi connectivity index (χ0) is 12.3. The summed E-state index contributed by atoms with van der Waals surface area (Å²) < 4.78 is 1.91. The predicted molar refractivity (Wildman–Crippen MR) is 71.1 cm³/mol. The average molecular weight is 288 g/mol. The second-order valence-electron chi connectivity index (χ2n) is 3.31. The predicted octanol–water partition coefficient (Wildman–Crippen LogP) is 2.93. The molecule has 0 aliphatic heterocycles. The fourth-order valence-electron chi connectivity index (χ4n) is 1.59. The lowest BCUT2D eigenvalue weighted by atomic mass is 10.1. The summed E-state index contributed by atoms with van der Waals surface area (Å²) in [6, 6.07) is 12.4. The first-order valence-corrected chi connectivity index (χ1v) is 5.87. The van der Waals surface area contributed by atoms with E-state index in [9.17, 15) is 0 Å². The van der Waals surface area contributed by atoms with Crippen LogP contribution < -0.4 is 0 Å². The SMILES string of the molecule is C#Cn1nc(Br)nc1/C(=C\C)c1ccccc1. The zero-order valence-corrected chi connectivity index (χ0v) is 10.8. The molecule has 0 saturated carbocycles. The van der Waals surface area contributed by atoms with Gasteiger partial charge in [0.2, 0.25) is 4.73 Å². The minimum absolute atomic E-state index is 0.487. The lowest BCUT2D eigenvalue weighted by Gasteiger charge is -2.04. The quantitative estimate of drug-likeness (QED) is 0.795. The van der Waals surface area contributed by atoms with E-state index in [1.165, 1.54) is 4.68 Å². The molecule has 0 N–H and O–H groups in total. The number of rotatable bonds is 2. The highest BCUT2D eigenvalue weighted by Crippen LogP contribution is 2.22. The number of hydrogen-bond acceptors (Lipinski definition) is 2. The maximum Gasteiger partial charge on any atom is 0.219 e. The van der Waals surface area contributed by atoms with Crippen molar-refractivity contribution < 1.29 is 0 Å². The minimum Gasteiger partial charge on any atom is -0.200 e. The van der Waals surface area contributed by atoms with Crippen molar-refractivity contribution >= 4 is 21.5 Å². The fraction of sp³-hybridized carbons (Fsp3) is 0.0769. The summed E-state index contributed by atoms with van der Waals surface area (Å²) in [5.74, 6) is 0.660. The first-order chi connectivity index (χ1) is 8.26. The molecule has 1 heterocycles. The molecular formula is C13H10BrN3. The van der Waals surface area contributed by atoms with Crippen LogP contribution >= 0.6 is 15.9 Å². The van der Waals surface area contributed by atoms with E-state index in [2.05, 4.69) is 32.1 Å². The molecule has 0 saturated heterocycles. The van der Waals surface area contributed by atoms with Crippen LogP contribution in [0, 0.1) is 12.5 Å². The Kier molecular flexibility index (Phi) is 3.40. The molecule has 84 valence electrons. The van der Waals surface area contributed by atoms with E-state index in [1.54, 1.807) is 0 Å². The first kappa shape index (κ1) is 11.6. The lowest BCUT2D eigenvalue weighted by Crippen LogP contribution is -2.00. The monoisotopic (exact) mass is 287 g/mol. The van der Waals surface area contributed by atoms with Gasteiger partial charge in [0, 0.05) is 11.6 Å². The van der Waals surface area contributed by atoms with Gasteiger partial charge >= 0.3 is 0 Å². The second-order valence-corrected chi connectivity index (χ2v) is 4.02. The largest absolute Gasteiger partial charge is 0.219 e. The van der Waals surface area contributed by atoms with E-state index in [1.807, 2.05) is 43.3 Å². The molecule has 0 bridgehead atoms. The molecule has 2 rings (SSSR count). The summed E-state index contributed by atoms with van der Waals surface area (Å²) >= 11 is 3.23. The van der Waals surface area contributed by atoms with E-state index in [0.29, 0.717) is 10.6 Å². The van der Waals surface area contributed by atoms with Crippen LogP contribution in [-0.2, 0) is 0 Å². The van der Waals surface area contributed by atoms with Gasteiger partial charge in [-0.15, -0.1) is 5.10 Å². The Balaban J connectivity index is 2.55. The Bertz CT molecular complexity index is 591. The van der Waals surface area contributed by atoms with Gasteiger partial charge in [-0.2, -0.15) is 9.67 Å². The molecule has 1 aromatic heterocycles. The number of terminal acetylenes is 1. The minimum atomic E-state index is 0.487. The molecule has 17 heavy (non-hydrogen) atoms. The Morgan fingerprint density at radius 1 is 1.41 bits per heavy atom. The van der Waals surface area contributed by atoms with Crippen LogP contribution in [0.15, 0.2) is 41.1 Å². The van der Waals surface area contributed by atoms with Gasteiger partial charge in [0.25, 0.3) is 0 Å². The normalized spacial score (nSPS) is 11.2. The number of aromatic nitrogens is 3. The van der Waals surface area contributed by atoms with Gasteiger partial charge in [0.05, 0.1) is 0 Å². The smallest absolute Gasteiger partial charge is 0.200 e. The highest BCUT2D eigenvalue weighted by Gasteiger charge is 2.12. The van der Waals surface area contributed by atoms with Gasteiger partial charge in [-0.05, 0) is 28.4 Å². The van der Waals surface area contributed by atoms with Crippen LogP contribution in [0.5, 0.6) is 0 Å². The van der Waals surface area contributed by atoms with Crippen molar-refractivity contribution in [2.24, 2.45) is 0 Å². The van der Waals surface area contributed by atoms with Gasteiger partial charge in [0.1, 0.15) is 0 Å². The highest BCUT2D eigenvalue weighted by molar-refractivity contribution is 9.10. The van der Waals surface area contributed by atoms with Gasteiger partial charge in [-0.25, -0.2) is 0 Å². The lowest BCUT2D eigenvalue weighted by molar-refractivity contribution is 0.891. The number of nitrogens with zero attached hydrogens (tertiary/aromatic N) is 3. The molecule has 0 aliphatic carbocycles. The molecule has 1 aromatic carbocycles. The van der Waals surface area contributed by atoms with Gasteiger partial charge in [-0.3, -0.25) is 0 Å². The van der Waals surface area contributed by atoms with Crippen molar-refractivity contribution in [1.29, 1.82) is 0 Å². The fourth-order valence-corrected chi connectivity index (χ4v) is 1.92. The Morgan fingerprint density at radius 2 is 2.12 bits per heavy atom. The number of benzene rings is 1. The third-order valence-electron chi connectivity index (χ3n) is 2.32. The maximum atomic E-state index is 5.40. The molecule has 0 aliphatic rings. The molecule has 2 aromatic rings. The van der Waals surface area contributed by atoms with E-state index >= 15 is 0 Å². The third kappa shape index (κ3) is 2.29. The topological polar surface area (TPSA) is 30.7 Å². The van der Waals surface area contributed by atoms with Crippen molar-refractivity contribution in [1.82, 2.24) is 14.8 Å². The van der Waals surface area contributed by atoms with Gasteiger partial charge < -0.3 is 0 Å². The third-order valence-corrected chi connectivity index (χ3v) is 2.65. The average Bonchev–Trinajstić information content (AvgIpc) is 2.73. The van der Waals surface area contributed by atoms with E-state index in [-0.39, 0.29) is 0 Å². The maximum absolute atomic E-state index is 5.40. The zero-order valence-electron chi connectivity index (χ0n) is 9.26. The molecule has 0 radical (unpaired) electrons. The molecule has 0 spiro atoms. The van der Waals surface area contributed by atoms with Crippen molar-refractivity contribution in [3.05, 3.63) is 52.5 Å². The number of hydrogen-bond donors (Lipinski definition) is 0. The van der Waals surface area contributed by atoms with E-state index < -0.39 is 0 Å². The van der Waals surface area contributed by atoms with Gasteiger partial charge in [0.15, 0.2) is 5.82 Å². The van der Waals surface area contributed by atoms with Crippen LogP contribution in [0.3, 0.4) is 0 Å². The highest BCUT2D eigenvalue weighted by atomic mass is 79.9. The summed E-state index contributed by atoms with van der Waals surface area (Å²) in [5, 5.41) is 4.07. The molecule has 0 unspecified atom stereocenters. The van der Waals surface area contributed by atoms with Crippen LogP contribution in [0.25, 0.3) is 5.57 Å². The summed E-state index contributed by atoms with van der Waals surface area (Å²) in [6.07, 6.45) is 7.37. The van der Waals surface area contributed by atoms with Crippen molar-refractivity contribution in [3.8, 4) is 12.5 Å².